The third-order valence-electron chi connectivity index (χ3n) is 1.62. The summed E-state index contributed by atoms with van der Waals surface area (Å²) in [6.07, 6.45) is 0.701. The van der Waals surface area contributed by atoms with Crippen molar-refractivity contribution in [3.63, 3.8) is 0 Å². The molecule has 1 unspecified atom stereocenters. The molecular weight excluding hydrogens is 180 g/mol. The largest absolute Gasteiger partial charge is 0.480 e. The first-order valence-electron chi connectivity index (χ1n) is 3.23. The normalized spacial score (nSPS) is 21.6. The van der Waals surface area contributed by atoms with Gasteiger partial charge in [-0.3, -0.25) is 4.79 Å². The van der Waals surface area contributed by atoms with Gasteiger partial charge in [-0.05, 0) is 11.4 Å². The third kappa shape index (κ3) is 1.16. The number of carboxylic acid groups (broad SMARTS) is 1. The van der Waals surface area contributed by atoms with Crippen LogP contribution in [-0.2, 0) is 11.2 Å². The summed E-state index contributed by atoms with van der Waals surface area (Å²) in [5, 5.41) is 10.5. The standard InChI is InChI=1S/C7H6O2S2/c8-7(9)6-3-5-4(11-6)1-2-10-5/h1-2,6H,3H2,(H,8,9). The molecule has 2 heterocycles. The molecule has 1 aliphatic heterocycles. The summed E-state index contributed by atoms with van der Waals surface area (Å²) in [7, 11) is 0. The van der Waals surface area contributed by atoms with Crippen molar-refractivity contribution in [1.82, 2.24) is 0 Å². The lowest BCUT2D eigenvalue weighted by Gasteiger charge is -1.98. The predicted octanol–water partition coefficient (Wildman–Crippen LogP) is 1.85. The van der Waals surface area contributed by atoms with Crippen molar-refractivity contribution >= 4 is 29.1 Å². The smallest absolute Gasteiger partial charge is 0.317 e. The van der Waals surface area contributed by atoms with Gasteiger partial charge in [0.1, 0.15) is 5.25 Å². The summed E-state index contributed by atoms with van der Waals surface area (Å²) in [6.45, 7) is 0. The maximum atomic E-state index is 10.6. The second-order valence-electron chi connectivity index (χ2n) is 2.36. The van der Waals surface area contributed by atoms with E-state index in [1.54, 1.807) is 11.3 Å². The minimum Gasteiger partial charge on any atom is -0.480 e. The molecule has 1 aromatic rings. The number of hydrogen-bond donors (Lipinski definition) is 1. The van der Waals surface area contributed by atoms with Gasteiger partial charge >= 0.3 is 5.97 Å². The summed E-state index contributed by atoms with van der Waals surface area (Å²) in [4.78, 5) is 12.9. The molecule has 0 fully saturated rings. The lowest BCUT2D eigenvalue weighted by molar-refractivity contribution is -0.136. The van der Waals surface area contributed by atoms with Crippen molar-refractivity contribution in [1.29, 1.82) is 0 Å². The van der Waals surface area contributed by atoms with E-state index in [1.807, 2.05) is 11.4 Å². The van der Waals surface area contributed by atoms with Crippen LogP contribution < -0.4 is 0 Å². The van der Waals surface area contributed by atoms with Gasteiger partial charge in [-0.2, -0.15) is 0 Å². The zero-order valence-electron chi connectivity index (χ0n) is 5.61. The van der Waals surface area contributed by atoms with Crippen molar-refractivity contribution in [2.75, 3.05) is 0 Å². The molecule has 0 aliphatic carbocycles. The minimum atomic E-state index is -0.696. The Labute approximate surface area is 72.2 Å². The van der Waals surface area contributed by atoms with Gasteiger partial charge in [0.15, 0.2) is 0 Å². The first-order valence-corrected chi connectivity index (χ1v) is 4.99. The van der Waals surface area contributed by atoms with Gasteiger partial charge in [0.05, 0.1) is 0 Å². The number of aliphatic carboxylic acids is 1. The van der Waals surface area contributed by atoms with Crippen LogP contribution in [0.3, 0.4) is 0 Å². The van der Waals surface area contributed by atoms with Crippen LogP contribution in [0.5, 0.6) is 0 Å². The molecule has 11 heavy (non-hydrogen) atoms. The summed E-state index contributed by atoms with van der Waals surface area (Å²) in [5.74, 6) is -0.696. The molecule has 0 spiro atoms. The average Bonchev–Trinajstić information content (AvgIpc) is 2.40. The number of thioether (sulfide) groups is 1. The molecule has 58 valence electrons. The lowest BCUT2D eigenvalue weighted by Crippen LogP contribution is -2.14. The molecular formula is C7H6O2S2. The molecule has 1 aromatic heterocycles. The second kappa shape index (κ2) is 2.53. The SMILES string of the molecule is O=C(O)C1Cc2sccc2S1. The van der Waals surface area contributed by atoms with Crippen LogP contribution in [0.1, 0.15) is 4.88 Å². The van der Waals surface area contributed by atoms with Gasteiger partial charge in [0.2, 0.25) is 0 Å². The van der Waals surface area contributed by atoms with E-state index < -0.39 is 5.97 Å². The van der Waals surface area contributed by atoms with Crippen molar-refractivity contribution < 1.29 is 9.90 Å². The lowest BCUT2D eigenvalue weighted by atomic mass is 10.3. The fraction of sp³-hybridized carbons (Fsp3) is 0.286. The predicted molar refractivity (Wildman–Crippen MR) is 45.3 cm³/mol. The van der Waals surface area contributed by atoms with E-state index in [2.05, 4.69) is 0 Å². The fourth-order valence-corrected chi connectivity index (χ4v) is 3.40. The van der Waals surface area contributed by atoms with Crippen LogP contribution >= 0.6 is 23.1 Å². The van der Waals surface area contributed by atoms with Gasteiger partial charge < -0.3 is 5.11 Å². The minimum absolute atomic E-state index is 0.238. The Morgan fingerprint density at radius 2 is 2.55 bits per heavy atom. The maximum absolute atomic E-state index is 10.6. The number of fused-ring (bicyclic) bond motifs is 1. The highest BCUT2D eigenvalue weighted by atomic mass is 32.2. The molecule has 1 N–H and O–H groups in total. The van der Waals surface area contributed by atoms with E-state index in [0.29, 0.717) is 6.42 Å². The Balaban J connectivity index is 2.22. The average molecular weight is 186 g/mol. The van der Waals surface area contributed by atoms with Crippen molar-refractivity contribution in [2.24, 2.45) is 0 Å². The number of rotatable bonds is 1. The van der Waals surface area contributed by atoms with Crippen LogP contribution in [0.4, 0.5) is 0 Å². The topological polar surface area (TPSA) is 37.3 Å². The molecule has 0 amide bonds. The summed E-state index contributed by atoms with van der Waals surface area (Å²) >= 11 is 3.11. The Hall–Kier alpha value is -0.480. The molecule has 2 nitrogen and oxygen atoms in total. The van der Waals surface area contributed by atoms with Gasteiger partial charge in [-0.1, -0.05) is 0 Å². The molecule has 2 rings (SSSR count). The van der Waals surface area contributed by atoms with E-state index >= 15 is 0 Å². The zero-order chi connectivity index (χ0) is 7.84. The van der Waals surface area contributed by atoms with Crippen LogP contribution in [0, 0.1) is 0 Å². The summed E-state index contributed by atoms with van der Waals surface area (Å²) in [6, 6.07) is 1.99. The number of hydrogen-bond acceptors (Lipinski definition) is 3. The number of carbonyl (C=O) groups is 1. The summed E-state index contributed by atoms with van der Waals surface area (Å²) < 4.78 is 0. The number of carboxylic acids is 1. The van der Waals surface area contributed by atoms with Crippen molar-refractivity contribution in [2.45, 2.75) is 16.6 Å². The van der Waals surface area contributed by atoms with E-state index in [9.17, 15) is 4.79 Å². The van der Waals surface area contributed by atoms with E-state index in [4.69, 9.17) is 5.11 Å². The molecule has 1 aliphatic rings. The fourth-order valence-electron chi connectivity index (χ4n) is 1.08. The number of thiophene rings is 1. The Morgan fingerprint density at radius 3 is 3.18 bits per heavy atom. The van der Waals surface area contributed by atoms with Crippen LogP contribution in [-0.4, -0.2) is 16.3 Å². The van der Waals surface area contributed by atoms with E-state index in [-0.39, 0.29) is 5.25 Å². The molecule has 0 bridgehead atoms. The molecule has 0 aromatic carbocycles. The molecule has 4 heteroatoms. The van der Waals surface area contributed by atoms with Crippen LogP contribution in [0.15, 0.2) is 16.3 Å². The van der Waals surface area contributed by atoms with Gasteiger partial charge in [0, 0.05) is 16.2 Å². The monoisotopic (exact) mass is 186 g/mol. The van der Waals surface area contributed by atoms with Gasteiger partial charge in [0.25, 0.3) is 0 Å². The van der Waals surface area contributed by atoms with E-state index in [0.717, 1.165) is 4.90 Å². The van der Waals surface area contributed by atoms with E-state index in [1.165, 1.54) is 16.6 Å². The van der Waals surface area contributed by atoms with Gasteiger partial charge in [-0.25, -0.2) is 0 Å². The zero-order valence-corrected chi connectivity index (χ0v) is 7.24. The van der Waals surface area contributed by atoms with Crippen LogP contribution in [0.25, 0.3) is 0 Å². The second-order valence-corrected chi connectivity index (χ2v) is 4.60. The highest BCUT2D eigenvalue weighted by Crippen LogP contribution is 2.40. The molecule has 0 radical (unpaired) electrons. The highest BCUT2D eigenvalue weighted by molar-refractivity contribution is 8.01. The first-order chi connectivity index (χ1) is 5.27. The molecule has 1 atom stereocenters. The molecule has 0 saturated carbocycles. The van der Waals surface area contributed by atoms with Crippen molar-refractivity contribution in [3.8, 4) is 0 Å². The molecule has 0 saturated heterocycles. The van der Waals surface area contributed by atoms with Crippen molar-refractivity contribution in [3.05, 3.63) is 16.3 Å². The highest BCUT2D eigenvalue weighted by Gasteiger charge is 2.28. The quantitative estimate of drug-likeness (QED) is 0.727. The Morgan fingerprint density at radius 1 is 1.73 bits per heavy atom. The van der Waals surface area contributed by atoms with Gasteiger partial charge in [-0.15, -0.1) is 23.1 Å². The Bertz CT molecular complexity index is 272. The maximum Gasteiger partial charge on any atom is 0.317 e. The third-order valence-corrected chi connectivity index (χ3v) is 3.98. The Kier molecular flexibility index (Phi) is 1.65. The first kappa shape index (κ1) is 7.18. The summed E-state index contributed by atoms with van der Waals surface area (Å²) in [5.41, 5.74) is 0. The van der Waals surface area contributed by atoms with Crippen LogP contribution in [0.2, 0.25) is 0 Å².